The predicted octanol–water partition coefficient (Wildman–Crippen LogP) is 1.70. The maximum atomic E-state index is 11.8. The summed E-state index contributed by atoms with van der Waals surface area (Å²) in [7, 11) is 0. The van der Waals surface area contributed by atoms with E-state index in [1.54, 1.807) is 0 Å². The summed E-state index contributed by atoms with van der Waals surface area (Å²) in [5.74, 6) is 5.23. The number of hydrogen-bond acceptors (Lipinski definition) is 4. The minimum absolute atomic E-state index is 0.0616. The summed E-state index contributed by atoms with van der Waals surface area (Å²) in [5.41, 5.74) is 2.44. The van der Waals surface area contributed by atoms with Crippen LogP contribution in [0.25, 0.3) is 0 Å². The molecule has 1 aromatic heterocycles. The number of nitrogens with one attached hydrogen (secondary N) is 1. The molecule has 3 N–H and O–H groups in total. The Morgan fingerprint density at radius 2 is 2.25 bits per heavy atom. The van der Waals surface area contributed by atoms with E-state index in [0.717, 1.165) is 4.88 Å². The van der Waals surface area contributed by atoms with E-state index in [2.05, 4.69) is 10.2 Å². The number of alkyl halides is 3. The molecule has 0 amide bonds. The van der Waals surface area contributed by atoms with Crippen LogP contribution in [0.15, 0.2) is 17.5 Å². The maximum absolute atomic E-state index is 11.8. The van der Waals surface area contributed by atoms with E-state index in [-0.39, 0.29) is 12.6 Å². The van der Waals surface area contributed by atoms with Crippen LogP contribution < -0.4 is 11.3 Å². The van der Waals surface area contributed by atoms with E-state index in [1.165, 1.54) is 11.3 Å². The van der Waals surface area contributed by atoms with Crippen molar-refractivity contribution in [3.63, 3.8) is 0 Å². The summed E-state index contributed by atoms with van der Waals surface area (Å²) in [6, 6.07) is 3.48. The summed E-state index contributed by atoms with van der Waals surface area (Å²) in [6.07, 6.45) is -3.73. The molecule has 92 valence electrons. The molecule has 16 heavy (non-hydrogen) atoms. The Balaban J connectivity index is 2.27. The van der Waals surface area contributed by atoms with Crippen LogP contribution in [0.5, 0.6) is 0 Å². The average Bonchev–Trinajstić information content (AvgIpc) is 2.67. The zero-order valence-electron chi connectivity index (χ0n) is 8.46. The highest BCUT2D eigenvalue weighted by Crippen LogP contribution is 2.15. The van der Waals surface area contributed by atoms with Crippen LogP contribution in [-0.2, 0) is 11.2 Å². The molecular weight excluding hydrogens is 241 g/mol. The molecule has 0 aliphatic carbocycles. The van der Waals surface area contributed by atoms with Gasteiger partial charge in [0.25, 0.3) is 0 Å². The molecule has 0 aliphatic rings. The zero-order valence-corrected chi connectivity index (χ0v) is 9.27. The Morgan fingerprint density at radius 1 is 1.50 bits per heavy atom. The number of halogens is 3. The largest absolute Gasteiger partial charge is 0.411 e. The Bertz CT molecular complexity index is 289. The zero-order chi connectivity index (χ0) is 12.0. The van der Waals surface area contributed by atoms with Crippen molar-refractivity contribution in [2.45, 2.75) is 18.6 Å². The first-order chi connectivity index (χ1) is 7.51. The van der Waals surface area contributed by atoms with Crippen molar-refractivity contribution in [1.29, 1.82) is 0 Å². The van der Waals surface area contributed by atoms with Crippen molar-refractivity contribution >= 4 is 11.3 Å². The predicted molar refractivity (Wildman–Crippen MR) is 56.0 cm³/mol. The minimum Gasteiger partial charge on any atom is -0.370 e. The normalized spacial score (nSPS) is 14.0. The second kappa shape index (κ2) is 6.19. The molecule has 0 aromatic carbocycles. The highest BCUT2D eigenvalue weighted by molar-refractivity contribution is 7.09. The SMILES string of the molecule is NNC(COCC(F)(F)F)Cc1cccs1. The molecule has 0 radical (unpaired) electrons. The van der Waals surface area contributed by atoms with Crippen molar-refractivity contribution in [2.24, 2.45) is 5.84 Å². The first-order valence-electron chi connectivity index (χ1n) is 4.64. The summed E-state index contributed by atoms with van der Waals surface area (Å²) in [4.78, 5) is 1.05. The van der Waals surface area contributed by atoms with Gasteiger partial charge in [-0.1, -0.05) is 6.07 Å². The summed E-state index contributed by atoms with van der Waals surface area (Å²) in [5, 5.41) is 1.90. The van der Waals surface area contributed by atoms with E-state index < -0.39 is 12.8 Å². The minimum atomic E-state index is -4.29. The van der Waals surface area contributed by atoms with E-state index in [4.69, 9.17) is 5.84 Å². The van der Waals surface area contributed by atoms with Crippen LogP contribution >= 0.6 is 11.3 Å². The Labute approximate surface area is 95.4 Å². The van der Waals surface area contributed by atoms with Crippen molar-refractivity contribution in [3.8, 4) is 0 Å². The Morgan fingerprint density at radius 3 is 2.75 bits per heavy atom. The van der Waals surface area contributed by atoms with Gasteiger partial charge in [0.15, 0.2) is 0 Å². The fraction of sp³-hybridized carbons (Fsp3) is 0.556. The standard InChI is InChI=1S/C9H13F3N2OS/c10-9(11,12)6-15-5-7(14-13)4-8-2-1-3-16-8/h1-3,7,14H,4-6,13H2. The molecule has 0 aliphatic heterocycles. The molecule has 0 saturated carbocycles. The molecule has 0 saturated heterocycles. The summed E-state index contributed by atoms with van der Waals surface area (Å²) < 4.78 is 40.0. The highest BCUT2D eigenvalue weighted by Gasteiger charge is 2.27. The fourth-order valence-corrected chi connectivity index (χ4v) is 1.94. The molecule has 0 spiro atoms. The molecule has 7 heteroatoms. The lowest BCUT2D eigenvalue weighted by Gasteiger charge is -2.15. The van der Waals surface area contributed by atoms with Crippen molar-refractivity contribution in [1.82, 2.24) is 5.43 Å². The van der Waals surface area contributed by atoms with E-state index >= 15 is 0 Å². The molecule has 1 unspecified atom stereocenters. The average molecular weight is 254 g/mol. The number of nitrogens with two attached hydrogens (primary N) is 1. The molecule has 1 rings (SSSR count). The molecule has 0 bridgehead atoms. The van der Waals surface area contributed by atoms with Crippen LogP contribution in [-0.4, -0.2) is 25.4 Å². The summed E-state index contributed by atoms with van der Waals surface area (Å²) in [6.45, 7) is -1.30. The van der Waals surface area contributed by atoms with Gasteiger partial charge in [0, 0.05) is 17.3 Å². The van der Waals surface area contributed by atoms with Gasteiger partial charge in [-0.2, -0.15) is 13.2 Å². The van der Waals surface area contributed by atoms with Gasteiger partial charge in [0.2, 0.25) is 0 Å². The monoisotopic (exact) mass is 254 g/mol. The maximum Gasteiger partial charge on any atom is 0.411 e. The van der Waals surface area contributed by atoms with Crippen LogP contribution in [0.4, 0.5) is 13.2 Å². The second-order valence-corrected chi connectivity index (χ2v) is 4.31. The van der Waals surface area contributed by atoms with Crippen LogP contribution in [0.3, 0.4) is 0 Å². The van der Waals surface area contributed by atoms with Gasteiger partial charge < -0.3 is 4.74 Å². The quantitative estimate of drug-likeness (QED) is 0.600. The molecule has 3 nitrogen and oxygen atoms in total. The first-order valence-corrected chi connectivity index (χ1v) is 5.52. The van der Waals surface area contributed by atoms with E-state index in [1.807, 2.05) is 17.5 Å². The molecule has 1 aromatic rings. The fourth-order valence-electron chi connectivity index (χ4n) is 1.15. The third-order valence-electron chi connectivity index (χ3n) is 1.85. The van der Waals surface area contributed by atoms with Crippen molar-refractivity contribution < 1.29 is 17.9 Å². The van der Waals surface area contributed by atoms with Gasteiger partial charge in [-0.15, -0.1) is 11.3 Å². The number of rotatable bonds is 6. The van der Waals surface area contributed by atoms with Gasteiger partial charge >= 0.3 is 6.18 Å². The van der Waals surface area contributed by atoms with Crippen LogP contribution in [0.1, 0.15) is 4.88 Å². The summed E-state index contributed by atoms with van der Waals surface area (Å²) >= 11 is 1.53. The Kier molecular flexibility index (Phi) is 5.20. The number of ether oxygens (including phenoxy) is 1. The number of hydrogen-bond donors (Lipinski definition) is 2. The van der Waals surface area contributed by atoms with Gasteiger partial charge in [-0.3, -0.25) is 11.3 Å². The molecular formula is C9H13F3N2OS. The van der Waals surface area contributed by atoms with Crippen LogP contribution in [0.2, 0.25) is 0 Å². The van der Waals surface area contributed by atoms with Gasteiger partial charge in [-0.05, 0) is 11.4 Å². The third kappa shape index (κ3) is 5.45. The van der Waals surface area contributed by atoms with Crippen molar-refractivity contribution in [2.75, 3.05) is 13.2 Å². The molecule has 1 atom stereocenters. The van der Waals surface area contributed by atoms with Gasteiger partial charge in [0.05, 0.1) is 6.61 Å². The highest BCUT2D eigenvalue weighted by atomic mass is 32.1. The van der Waals surface area contributed by atoms with E-state index in [0.29, 0.717) is 6.42 Å². The van der Waals surface area contributed by atoms with Gasteiger partial charge in [-0.25, -0.2) is 0 Å². The number of thiophene rings is 1. The topological polar surface area (TPSA) is 47.3 Å². The first kappa shape index (κ1) is 13.4. The lowest BCUT2D eigenvalue weighted by molar-refractivity contribution is -0.175. The van der Waals surface area contributed by atoms with E-state index in [9.17, 15) is 13.2 Å². The Hall–Kier alpha value is -0.630. The lowest BCUT2D eigenvalue weighted by atomic mass is 10.2. The lowest BCUT2D eigenvalue weighted by Crippen LogP contribution is -2.40. The molecule has 1 heterocycles. The van der Waals surface area contributed by atoms with Gasteiger partial charge in [0.1, 0.15) is 6.61 Å². The number of hydrazine groups is 1. The molecule has 0 fully saturated rings. The smallest absolute Gasteiger partial charge is 0.370 e. The van der Waals surface area contributed by atoms with Crippen LogP contribution in [0, 0.1) is 0 Å². The second-order valence-electron chi connectivity index (χ2n) is 3.28. The van der Waals surface area contributed by atoms with Crippen molar-refractivity contribution in [3.05, 3.63) is 22.4 Å². The third-order valence-corrected chi connectivity index (χ3v) is 2.75.